The van der Waals surface area contributed by atoms with Gasteiger partial charge in [0.2, 0.25) is 5.91 Å². The second kappa shape index (κ2) is 8.53. The smallest absolute Gasteiger partial charge is 0.224 e. The topological polar surface area (TPSA) is 95.6 Å². The summed E-state index contributed by atoms with van der Waals surface area (Å²) in [6, 6.07) is 22.8. The Bertz CT molecular complexity index is 1070. The van der Waals surface area contributed by atoms with Crippen molar-refractivity contribution in [3.8, 4) is 34.1 Å². The van der Waals surface area contributed by atoms with Crippen molar-refractivity contribution in [3.63, 3.8) is 0 Å². The summed E-state index contributed by atoms with van der Waals surface area (Å²) < 4.78 is 5.56. The van der Waals surface area contributed by atoms with E-state index in [1.54, 1.807) is 48.5 Å². The fraction of sp³-hybridized carbons (Fsp3) is 0.0833. The number of aromatic hydroxyl groups is 2. The fourth-order valence-corrected chi connectivity index (χ4v) is 3.14. The molecule has 0 fully saturated rings. The van der Waals surface area contributed by atoms with E-state index in [2.05, 4.69) is 10.5 Å². The second-order valence-corrected chi connectivity index (χ2v) is 6.86. The lowest BCUT2D eigenvalue weighted by molar-refractivity contribution is -0.116. The Morgan fingerprint density at radius 1 is 0.833 bits per heavy atom. The monoisotopic (exact) mass is 400 g/mol. The highest BCUT2D eigenvalue weighted by atomic mass is 16.5. The molecule has 0 aliphatic heterocycles. The molecule has 6 nitrogen and oxygen atoms in total. The van der Waals surface area contributed by atoms with Gasteiger partial charge in [-0.15, -0.1) is 0 Å². The van der Waals surface area contributed by atoms with Gasteiger partial charge in [0.1, 0.15) is 22.9 Å². The molecule has 0 unspecified atom stereocenters. The lowest BCUT2D eigenvalue weighted by Gasteiger charge is -2.08. The largest absolute Gasteiger partial charge is 0.508 e. The van der Waals surface area contributed by atoms with Gasteiger partial charge in [0.25, 0.3) is 0 Å². The molecule has 1 amide bonds. The number of nitrogens with zero attached hydrogens (tertiary/aromatic N) is 1. The van der Waals surface area contributed by atoms with Gasteiger partial charge in [-0.05, 0) is 60.5 Å². The standard InChI is InChI=1S/C24H20N2O4/c27-19-11-7-17(8-12-19)22-23(24(30-26-22)18-9-13-20(28)14-10-18)25-21(29)15-6-16-4-2-1-3-5-16/h1-5,7-14,27-28H,6,15H2,(H,25,29). The van der Waals surface area contributed by atoms with Crippen LogP contribution in [0.2, 0.25) is 0 Å². The number of phenols is 2. The number of carbonyl (C=O) groups is 1. The molecule has 0 aliphatic carbocycles. The van der Waals surface area contributed by atoms with Crippen molar-refractivity contribution in [2.75, 3.05) is 5.32 Å². The van der Waals surface area contributed by atoms with Gasteiger partial charge < -0.3 is 20.1 Å². The second-order valence-electron chi connectivity index (χ2n) is 6.86. The fourth-order valence-electron chi connectivity index (χ4n) is 3.14. The van der Waals surface area contributed by atoms with Gasteiger partial charge in [-0.2, -0.15) is 0 Å². The minimum atomic E-state index is -0.165. The highest BCUT2D eigenvalue weighted by molar-refractivity contribution is 5.99. The van der Waals surface area contributed by atoms with E-state index >= 15 is 0 Å². The zero-order valence-electron chi connectivity index (χ0n) is 16.1. The third-order valence-electron chi connectivity index (χ3n) is 4.71. The molecule has 1 aromatic heterocycles. The van der Waals surface area contributed by atoms with Crippen LogP contribution in [0.3, 0.4) is 0 Å². The van der Waals surface area contributed by atoms with E-state index in [4.69, 9.17) is 4.52 Å². The minimum Gasteiger partial charge on any atom is -0.508 e. The molecule has 30 heavy (non-hydrogen) atoms. The quantitative estimate of drug-likeness (QED) is 0.424. The number of anilines is 1. The van der Waals surface area contributed by atoms with Crippen LogP contribution in [0.4, 0.5) is 5.69 Å². The Labute approximate surface area is 173 Å². The molecule has 0 spiro atoms. The minimum absolute atomic E-state index is 0.130. The lowest BCUT2D eigenvalue weighted by atomic mass is 10.1. The number of amides is 1. The summed E-state index contributed by atoms with van der Waals surface area (Å²) in [6.07, 6.45) is 0.917. The summed E-state index contributed by atoms with van der Waals surface area (Å²) in [4.78, 5) is 12.7. The maximum Gasteiger partial charge on any atom is 0.224 e. The third kappa shape index (κ3) is 4.33. The van der Waals surface area contributed by atoms with Crippen molar-refractivity contribution in [2.45, 2.75) is 12.8 Å². The third-order valence-corrected chi connectivity index (χ3v) is 4.71. The Kier molecular flexibility index (Phi) is 5.48. The Hall–Kier alpha value is -4.06. The number of benzene rings is 3. The number of hydrogen-bond acceptors (Lipinski definition) is 5. The zero-order chi connectivity index (χ0) is 20.9. The summed E-state index contributed by atoms with van der Waals surface area (Å²) in [6.45, 7) is 0. The molecule has 0 atom stereocenters. The normalized spacial score (nSPS) is 10.7. The Balaban J connectivity index is 1.64. The number of phenolic OH excluding ortho intramolecular Hbond substituents is 2. The number of nitrogens with one attached hydrogen (secondary N) is 1. The van der Waals surface area contributed by atoms with Crippen molar-refractivity contribution in [2.24, 2.45) is 0 Å². The van der Waals surface area contributed by atoms with Crippen molar-refractivity contribution in [3.05, 3.63) is 84.4 Å². The van der Waals surface area contributed by atoms with Gasteiger partial charge in [-0.1, -0.05) is 35.5 Å². The van der Waals surface area contributed by atoms with Crippen LogP contribution in [-0.2, 0) is 11.2 Å². The van der Waals surface area contributed by atoms with E-state index in [1.807, 2.05) is 30.3 Å². The Morgan fingerprint density at radius 3 is 2.07 bits per heavy atom. The van der Waals surface area contributed by atoms with Crippen LogP contribution in [0.25, 0.3) is 22.6 Å². The maximum atomic E-state index is 12.7. The predicted octanol–water partition coefficient (Wildman–Crippen LogP) is 4.99. The highest BCUT2D eigenvalue weighted by Crippen LogP contribution is 2.38. The molecular formula is C24H20N2O4. The molecule has 4 aromatic rings. The lowest BCUT2D eigenvalue weighted by Crippen LogP contribution is -2.13. The van der Waals surface area contributed by atoms with Crippen LogP contribution >= 0.6 is 0 Å². The van der Waals surface area contributed by atoms with Crippen LogP contribution in [0.5, 0.6) is 11.5 Å². The van der Waals surface area contributed by atoms with E-state index < -0.39 is 0 Å². The van der Waals surface area contributed by atoms with Crippen molar-refractivity contribution in [1.82, 2.24) is 5.16 Å². The van der Waals surface area contributed by atoms with E-state index in [9.17, 15) is 15.0 Å². The van der Waals surface area contributed by atoms with Crippen LogP contribution < -0.4 is 5.32 Å². The summed E-state index contributed by atoms with van der Waals surface area (Å²) in [5.74, 6) is 0.494. The predicted molar refractivity (Wildman–Crippen MR) is 114 cm³/mol. The maximum absolute atomic E-state index is 12.7. The first kappa shape index (κ1) is 19.3. The Morgan fingerprint density at radius 2 is 1.43 bits per heavy atom. The van der Waals surface area contributed by atoms with E-state index in [-0.39, 0.29) is 17.4 Å². The molecule has 3 aromatic carbocycles. The van der Waals surface area contributed by atoms with Gasteiger partial charge in [-0.25, -0.2) is 0 Å². The van der Waals surface area contributed by atoms with Gasteiger partial charge in [0.15, 0.2) is 5.76 Å². The van der Waals surface area contributed by atoms with Crippen LogP contribution in [0.15, 0.2) is 83.4 Å². The summed E-state index contributed by atoms with van der Waals surface area (Å²) in [7, 11) is 0. The molecule has 0 saturated heterocycles. The average molecular weight is 400 g/mol. The zero-order valence-corrected chi connectivity index (χ0v) is 16.1. The first-order valence-electron chi connectivity index (χ1n) is 9.52. The van der Waals surface area contributed by atoms with Crippen molar-refractivity contribution >= 4 is 11.6 Å². The van der Waals surface area contributed by atoms with Crippen molar-refractivity contribution in [1.29, 1.82) is 0 Å². The first-order chi connectivity index (χ1) is 14.6. The molecular weight excluding hydrogens is 380 g/mol. The number of carbonyl (C=O) groups excluding carboxylic acids is 1. The highest BCUT2D eigenvalue weighted by Gasteiger charge is 2.21. The van der Waals surface area contributed by atoms with E-state index in [0.29, 0.717) is 41.1 Å². The van der Waals surface area contributed by atoms with Crippen molar-refractivity contribution < 1.29 is 19.5 Å². The van der Waals surface area contributed by atoms with Gasteiger partial charge in [0.05, 0.1) is 0 Å². The van der Waals surface area contributed by atoms with E-state index in [0.717, 1.165) is 5.56 Å². The average Bonchev–Trinajstić information content (AvgIpc) is 3.17. The SMILES string of the molecule is O=C(CCc1ccccc1)Nc1c(-c2ccc(O)cc2)noc1-c1ccc(O)cc1. The number of aryl methyl sites for hydroxylation is 1. The molecule has 0 bridgehead atoms. The molecule has 0 saturated carbocycles. The van der Waals surface area contributed by atoms with Crippen LogP contribution in [0, 0.1) is 0 Å². The van der Waals surface area contributed by atoms with E-state index in [1.165, 1.54) is 0 Å². The molecule has 150 valence electrons. The molecule has 0 aliphatic rings. The van der Waals surface area contributed by atoms with Gasteiger partial charge >= 0.3 is 0 Å². The molecule has 3 N–H and O–H groups in total. The van der Waals surface area contributed by atoms with Crippen LogP contribution in [-0.4, -0.2) is 21.3 Å². The number of hydrogen-bond donors (Lipinski definition) is 3. The van der Waals surface area contributed by atoms with Crippen LogP contribution in [0.1, 0.15) is 12.0 Å². The summed E-state index contributed by atoms with van der Waals surface area (Å²) >= 11 is 0. The molecule has 1 heterocycles. The van der Waals surface area contributed by atoms with Gasteiger partial charge in [-0.3, -0.25) is 4.79 Å². The number of aromatic nitrogens is 1. The molecule has 0 radical (unpaired) electrons. The summed E-state index contributed by atoms with van der Waals surface area (Å²) in [5.41, 5.74) is 3.36. The molecule has 6 heteroatoms. The number of rotatable bonds is 6. The first-order valence-corrected chi connectivity index (χ1v) is 9.52. The summed E-state index contributed by atoms with van der Waals surface area (Å²) in [5, 5.41) is 26.2. The van der Waals surface area contributed by atoms with Gasteiger partial charge in [0, 0.05) is 17.5 Å². The molecule has 4 rings (SSSR count).